The lowest BCUT2D eigenvalue weighted by Gasteiger charge is -2.29. The van der Waals surface area contributed by atoms with E-state index >= 15 is 0 Å². The van der Waals surface area contributed by atoms with E-state index in [1.807, 2.05) is 0 Å². The van der Waals surface area contributed by atoms with Crippen LogP contribution in [0, 0.1) is 0 Å². The van der Waals surface area contributed by atoms with Crippen molar-refractivity contribution in [1.82, 2.24) is 9.80 Å². The van der Waals surface area contributed by atoms with Gasteiger partial charge < -0.3 is 9.80 Å². The summed E-state index contributed by atoms with van der Waals surface area (Å²) in [4.78, 5) is 20.1. The van der Waals surface area contributed by atoms with Crippen molar-refractivity contribution < 1.29 is 4.79 Å². The maximum Gasteiger partial charge on any atom is 0.228 e. The maximum atomic E-state index is 13.0. The average Bonchev–Trinajstić information content (AvgIpc) is 2.99. The van der Waals surface area contributed by atoms with E-state index in [1.165, 1.54) is 57.3 Å². The van der Waals surface area contributed by atoms with Crippen LogP contribution in [0.2, 0.25) is 0 Å². The van der Waals surface area contributed by atoms with Gasteiger partial charge >= 0.3 is 0 Å². The van der Waals surface area contributed by atoms with Gasteiger partial charge in [0.05, 0.1) is 0 Å². The molecule has 0 spiro atoms. The number of benzene rings is 1. The van der Waals surface area contributed by atoms with E-state index in [0.717, 1.165) is 25.3 Å². The molecule has 4 rings (SSSR count). The molecule has 0 aromatic heterocycles. The van der Waals surface area contributed by atoms with Crippen molar-refractivity contribution in [1.29, 1.82) is 0 Å². The molecule has 4 heteroatoms. The molecule has 1 aromatic rings. The number of rotatable bonds is 3. The smallest absolute Gasteiger partial charge is 0.228 e. The molecule has 3 heterocycles. The molecule has 2 saturated heterocycles. The van der Waals surface area contributed by atoms with Gasteiger partial charge in [0.15, 0.2) is 0 Å². The van der Waals surface area contributed by atoms with Gasteiger partial charge in [0.25, 0.3) is 0 Å². The molecule has 130 valence electrons. The highest BCUT2D eigenvalue weighted by Gasteiger charge is 2.33. The molecule has 0 bridgehead atoms. The first-order chi connectivity index (χ1) is 11.8. The number of para-hydroxylation sites is 1. The lowest BCUT2D eigenvalue weighted by atomic mass is 10.1. The molecule has 0 saturated carbocycles. The van der Waals surface area contributed by atoms with Crippen molar-refractivity contribution in [3.8, 4) is 0 Å². The van der Waals surface area contributed by atoms with Crippen LogP contribution in [0.1, 0.15) is 44.1 Å². The van der Waals surface area contributed by atoms with Crippen LogP contribution in [0.4, 0.5) is 5.69 Å². The van der Waals surface area contributed by atoms with E-state index in [1.54, 1.807) is 0 Å². The third kappa shape index (κ3) is 3.35. The number of nitrogens with zero attached hydrogens (tertiary/aromatic N) is 3. The first-order valence-corrected chi connectivity index (χ1v) is 9.66. The van der Waals surface area contributed by atoms with E-state index in [0.29, 0.717) is 18.4 Å². The predicted molar refractivity (Wildman–Crippen MR) is 97.1 cm³/mol. The summed E-state index contributed by atoms with van der Waals surface area (Å²) in [6, 6.07) is 9.04. The highest BCUT2D eigenvalue weighted by Crippen LogP contribution is 2.31. The van der Waals surface area contributed by atoms with E-state index in [2.05, 4.69) is 39.0 Å². The zero-order valence-electron chi connectivity index (χ0n) is 14.6. The fourth-order valence-electron chi connectivity index (χ4n) is 4.55. The number of carbonyl (C=O) groups excluding carboxylic acids is 1. The fourth-order valence-corrected chi connectivity index (χ4v) is 4.55. The number of anilines is 1. The predicted octanol–water partition coefficient (Wildman–Crippen LogP) is 2.87. The van der Waals surface area contributed by atoms with Crippen molar-refractivity contribution in [3.05, 3.63) is 29.8 Å². The normalized spacial score (nSPS) is 25.2. The van der Waals surface area contributed by atoms with Crippen LogP contribution in [0.15, 0.2) is 24.3 Å². The zero-order chi connectivity index (χ0) is 16.4. The Hall–Kier alpha value is -1.39. The Balaban J connectivity index is 1.48. The minimum Gasteiger partial charge on any atom is -0.310 e. The number of carbonyl (C=O) groups is 1. The number of piperidine rings is 1. The molecule has 24 heavy (non-hydrogen) atoms. The van der Waals surface area contributed by atoms with Crippen LogP contribution in [0.3, 0.4) is 0 Å². The number of hydrogen-bond acceptors (Lipinski definition) is 3. The molecule has 0 aliphatic carbocycles. The Morgan fingerprint density at radius 1 is 1.04 bits per heavy atom. The Bertz CT molecular complexity index is 582. The van der Waals surface area contributed by atoms with Gasteiger partial charge in [-0.1, -0.05) is 24.6 Å². The highest BCUT2D eigenvalue weighted by molar-refractivity contribution is 5.94. The molecule has 1 atom stereocenters. The Morgan fingerprint density at radius 2 is 1.88 bits per heavy atom. The first kappa shape index (κ1) is 16.1. The summed E-state index contributed by atoms with van der Waals surface area (Å²) in [6.45, 7) is 6.30. The largest absolute Gasteiger partial charge is 0.310 e. The number of fused-ring (bicyclic) bond motifs is 2. The van der Waals surface area contributed by atoms with Crippen LogP contribution in [0.5, 0.6) is 0 Å². The monoisotopic (exact) mass is 327 g/mol. The van der Waals surface area contributed by atoms with Gasteiger partial charge in [0.2, 0.25) is 5.91 Å². The highest BCUT2D eigenvalue weighted by atomic mass is 16.2. The molecular formula is C20H29N3O. The Kier molecular flexibility index (Phi) is 4.86. The van der Waals surface area contributed by atoms with Crippen molar-refractivity contribution in [2.45, 2.75) is 51.1 Å². The maximum absolute atomic E-state index is 13.0. The molecular weight excluding hydrogens is 298 g/mol. The van der Waals surface area contributed by atoms with Gasteiger partial charge in [0.1, 0.15) is 0 Å². The number of hydrogen-bond donors (Lipinski definition) is 0. The lowest BCUT2D eigenvalue weighted by molar-refractivity contribution is -0.119. The second-order valence-electron chi connectivity index (χ2n) is 7.55. The first-order valence-electron chi connectivity index (χ1n) is 9.66. The van der Waals surface area contributed by atoms with Crippen molar-refractivity contribution >= 4 is 11.6 Å². The molecule has 2 fully saturated rings. The molecule has 1 amide bonds. The fraction of sp³-hybridized carbons (Fsp3) is 0.650. The van der Waals surface area contributed by atoms with Gasteiger partial charge in [-0.05, 0) is 56.9 Å². The summed E-state index contributed by atoms with van der Waals surface area (Å²) in [6.07, 6.45) is 7.07. The Morgan fingerprint density at radius 3 is 2.75 bits per heavy atom. The third-order valence-corrected chi connectivity index (χ3v) is 5.94. The number of amides is 1. The molecule has 3 aliphatic rings. The van der Waals surface area contributed by atoms with Gasteiger partial charge in [0, 0.05) is 37.8 Å². The second kappa shape index (κ2) is 7.24. The molecule has 1 unspecified atom stereocenters. The molecule has 3 aliphatic heterocycles. The van der Waals surface area contributed by atoms with Crippen molar-refractivity contribution in [3.63, 3.8) is 0 Å². The van der Waals surface area contributed by atoms with E-state index in [4.69, 9.17) is 0 Å². The topological polar surface area (TPSA) is 26.8 Å². The van der Waals surface area contributed by atoms with Gasteiger partial charge in [-0.2, -0.15) is 0 Å². The minimum atomic E-state index is 0.307. The van der Waals surface area contributed by atoms with E-state index < -0.39 is 0 Å². The van der Waals surface area contributed by atoms with Crippen molar-refractivity contribution in [2.24, 2.45) is 0 Å². The Labute approximate surface area is 145 Å². The summed E-state index contributed by atoms with van der Waals surface area (Å²) in [7, 11) is 0. The van der Waals surface area contributed by atoms with Crippen molar-refractivity contribution in [2.75, 3.05) is 37.6 Å². The third-order valence-electron chi connectivity index (χ3n) is 5.94. The summed E-state index contributed by atoms with van der Waals surface area (Å²) >= 11 is 0. The van der Waals surface area contributed by atoms with E-state index in [9.17, 15) is 4.79 Å². The average molecular weight is 327 g/mol. The SMILES string of the molecule is O=C(CCN1CCCCC1)N1CC2CCCN2Cc2ccccc21. The second-order valence-corrected chi connectivity index (χ2v) is 7.55. The summed E-state index contributed by atoms with van der Waals surface area (Å²) in [5.41, 5.74) is 2.46. The van der Waals surface area contributed by atoms with Gasteiger partial charge in [-0.15, -0.1) is 0 Å². The van der Waals surface area contributed by atoms with Crippen LogP contribution in [0.25, 0.3) is 0 Å². The zero-order valence-corrected chi connectivity index (χ0v) is 14.6. The summed E-state index contributed by atoms with van der Waals surface area (Å²) in [5, 5.41) is 0. The lowest BCUT2D eigenvalue weighted by Crippen LogP contribution is -2.42. The standard InChI is InChI=1S/C20H29N3O/c24-20(10-14-21-11-4-1-5-12-21)23-16-18-8-6-13-22(18)15-17-7-2-3-9-19(17)23/h2-3,7,9,18H,1,4-6,8,10-16H2. The van der Waals surface area contributed by atoms with Crippen LogP contribution in [-0.4, -0.2) is 54.5 Å². The molecule has 1 aromatic carbocycles. The molecule has 0 N–H and O–H groups in total. The number of likely N-dealkylation sites (tertiary alicyclic amines) is 1. The molecule has 0 radical (unpaired) electrons. The van der Waals surface area contributed by atoms with Gasteiger partial charge in [-0.3, -0.25) is 9.69 Å². The van der Waals surface area contributed by atoms with Crippen LogP contribution < -0.4 is 4.90 Å². The quantitative estimate of drug-likeness (QED) is 0.854. The minimum absolute atomic E-state index is 0.307. The van der Waals surface area contributed by atoms with Crippen LogP contribution in [-0.2, 0) is 11.3 Å². The summed E-state index contributed by atoms with van der Waals surface area (Å²) < 4.78 is 0. The van der Waals surface area contributed by atoms with Crippen LogP contribution >= 0.6 is 0 Å². The van der Waals surface area contributed by atoms with Gasteiger partial charge in [-0.25, -0.2) is 0 Å². The summed E-state index contributed by atoms with van der Waals surface area (Å²) in [5.74, 6) is 0.307. The van der Waals surface area contributed by atoms with E-state index in [-0.39, 0.29) is 0 Å². The molecule has 4 nitrogen and oxygen atoms in total.